The van der Waals surface area contributed by atoms with Crippen molar-refractivity contribution >= 4 is 40.5 Å². The summed E-state index contributed by atoms with van der Waals surface area (Å²) < 4.78 is 2.06. The minimum atomic E-state index is -2.15. The summed E-state index contributed by atoms with van der Waals surface area (Å²) in [5.41, 5.74) is 9.60. The first-order chi connectivity index (χ1) is 20.8. The lowest BCUT2D eigenvalue weighted by atomic mass is 9.97. The minimum absolute atomic E-state index is 0.225. The van der Waals surface area contributed by atoms with E-state index in [-0.39, 0.29) is 5.75 Å². The summed E-state index contributed by atoms with van der Waals surface area (Å²) in [5, 5.41) is 15.4. The molecular formula is C38H33N3OSi. The number of benzene rings is 4. The van der Waals surface area contributed by atoms with Gasteiger partial charge in [0.25, 0.3) is 0 Å². The Kier molecular flexibility index (Phi) is 6.48. The molecule has 0 bridgehead atoms. The van der Waals surface area contributed by atoms with Crippen LogP contribution in [0.3, 0.4) is 0 Å². The van der Waals surface area contributed by atoms with Crippen LogP contribution in [-0.2, 0) is 0 Å². The van der Waals surface area contributed by atoms with Crippen molar-refractivity contribution in [1.82, 2.24) is 14.5 Å². The average molecular weight is 576 g/mol. The van der Waals surface area contributed by atoms with Gasteiger partial charge in [-0.15, -0.1) is 0 Å². The molecule has 7 rings (SSSR count). The zero-order valence-corrected chi connectivity index (χ0v) is 25.8. The molecule has 0 spiro atoms. The summed E-state index contributed by atoms with van der Waals surface area (Å²) in [7, 11) is -2.15. The second-order valence-electron chi connectivity index (χ2n) is 11.8. The number of hydrogen-bond donors (Lipinski definition) is 1. The van der Waals surface area contributed by atoms with Crippen LogP contribution in [0.25, 0.3) is 50.0 Å². The van der Waals surface area contributed by atoms with Crippen LogP contribution >= 0.6 is 0 Å². The maximum absolute atomic E-state index is 10.8. The molecule has 0 unspecified atom stereocenters. The largest absolute Gasteiger partial charge is 0.506 e. The van der Waals surface area contributed by atoms with Gasteiger partial charge < -0.3 is 5.11 Å². The van der Waals surface area contributed by atoms with Gasteiger partial charge >= 0.3 is 0 Å². The maximum atomic E-state index is 10.8. The van der Waals surface area contributed by atoms with E-state index in [0.29, 0.717) is 0 Å². The average Bonchev–Trinajstić information content (AvgIpc) is 3.35. The maximum Gasteiger partial charge on any atom is 0.146 e. The van der Waals surface area contributed by atoms with Crippen LogP contribution < -0.4 is 10.5 Å². The van der Waals surface area contributed by atoms with Gasteiger partial charge in [-0.05, 0) is 78.6 Å². The van der Waals surface area contributed by atoms with E-state index >= 15 is 0 Å². The highest BCUT2D eigenvalue weighted by Crippen LogP contribution is 2.35. The SMILES string of the molecule is Cc1cccc(C)c1-c1ccnc([Si](C)(C)c2cccc(-c3ccc4c5ccccc5n(-c5ccccc5O)c4n3)c2)c1. The number of phenols is 1. The van der Waals surface area contributed by atoms with Gasteiger partial charge in [-0.3, -0.25) is 9.55 Å². The smallest absolute Gasteiger partial charge is 0.146 e. The van der Waals surface area contributed by atoms with E-state index in [9.17, 15) is 5.11 Å². The molecule has 0 fully saturated rings. The molecule has 1 N–H and O–H groups in total. The van der Waals surface area contributed by atoms with E-state index < -0.39 is 8.07 Å². The van der Waals surface area contributed by atoms with Crippen molar-refractivity contribution in [2.24, 2.45) is 0 Å². The molecule has 7 aromatic rings. The number of aryl methyl sites for hydroxylation is 2. The Morgan fingerprint density at radius 2 is 1.42 bits per heavy atom. The van der Waals surface area contributed by atoms with E-state index in [1.165, 1.54) is 27.4 Å². The van der Waals surface area contributed by atoms with Crippen molar-refractivity contribution in [2.45, 2.75) is 26.9 Å². The number of pyridine rings is 2. The van der Waals surface area contributed by atoms with Crippen molar-refractivity contribution in [3.63, 3.8) is 0 Å². The lowest BCUT2D eigenvalue weighted by molar-refractivity contribution is 0.473. The van der Waals surface area contributed by atoms with Crippen molar-refractivity contribution in [1.29, 1.82) is 0 Å². The molecule has 0 aliphatic heterocycles. The molecule has 0 saturated carbocycles. The Morgan fingerprint density at radius 3 is 2.23 bits per heavy atom. The monoisotopic (exact) mass is 575 g/mol. The molecule has 3 heterocycles. The lowest BCUT2D eigenvalue weighted by Gasteiger charge is -2.24. The summed E-state index contributed by atoms with van der Waals surface area (Å²) in [6.45, 7) is 9.10. The number of rotatable bonds is 5. The van der Waals surface area contributed by atoms with Crippen molar-refractivity contribution in [2.75, 3.05) is 0 Å². The first kappa shape index (κ1) is 26.9. The fraction of sp³-hybridized carbons (Fsp3) is 0.105. The summed E-state index contributed by atoms with van der Waals surface area (Å²) in [5.74, 6) is 0.225. The molecule has 0 saturated heterocycles. The molecule has 210 valence electrons. The zero-order chi connectivity index (χ0) is 29.7. The van der Waals surface area contributed by atoms with Crippen LogP contribution in [0.1, 0.15) is 11.1 Å². The molecular weight excluding hydrogens is 543 g/mol. The molecule has 0 radical (unpaired) electrons. The van der Waals surface area contributed by atoms with Crippen LogP contribution in [0.15, 0.2) is 121 Å². The predicted molar refractivity (Wildman–Crippen MR) is 182 cm³/mol. The second kappa shape index (κ2) is 10.4. The van der Waals surface area contributed by atoms with E-state index in [4.69, 9.17) is 9.97 Å². The number of aromatic nitrogens is 3. The number of hydrogen-bond acceptors (Lipinski definition) is 3. The van der Waals surface area contributed by atoms with Gasteiger partial charge in [-0.2, -0.15) is 0 Å². The standard InChI is InChI=1S/C38H33N3OSi/c1-25-11-9-12-26(2)37(25)28-21-22-39-36(24-28)43(3,4)29-14-10-13-27(23-29)32-20-19-31-30-15-5-6-16-33(30)41(38(31)40-32)34-17-7-8-18-35(34)42/h5-24,42H,1-4H3. The molecule has 5 heteroatoms. The molecule has 0 aliphatic carbocycles. The molecule has 0 aliphatic rings. The number of nitrogens with zero attached hydrogens (tertiary/aromatic N) is 3. The van der Waals surface area contributed by atoms with Gasteiger partial charge in [-0.1, -0.05) is 91.1 Å². The molecule has 4 nitrogen and oxygen atoms in total. The van der Waals surface area contributed by atoms with Crippen LogP contribution in [0.2, 0.25) is 13.1 Å². The third-order valence-corrected chi connectivity index (χ3v) is 12.0. The van der Waals surface area contributed by atoms with E-state index in [1.807, 2.05) is 36.5 Å². The third-order valence-electron chi connectivity index (χ3n) is 8.69. The van der Waals surface area contributed by atoms with Gasteiger partial charge in [0.1, 0.15) is 19.5 Å². The van der Waals surface area contributed by atoms with Gasteiger partial charge in [-0.25, -0.2) is 4.98 Å². The number of para-hydroxylation sites is 3. The van der Waals surface area contributed by atoms with Gasteiger partial charge in [0.15, 0.2) is 0 Å². The van der Waals surface area contributed by atoms with Crippen LogP contribution in [0.5, 0.6) is 5.75 Å². The van der Waals surface area contributed by atoms with Crippen LogP contribution in [0, 0.1) is 13.8 Å². The summed E-state index contributed by atoms with van der Waals surface area (Å²) in [6, 6.07) is 39.7. The predicted octanol–water partition coefficient (Wildman–Crippen LogP) is 8.05. The van der Waals surface area contributed by atoms with Crippen molar-refractivity contribution in [3.8, 4) is 33.8 Å². The molecule has 4 aromatic carbocycles. The van der Waals surface area contributed by atoms with E-state index in [1.54, 1.807) is 6.07 Å². The fourth-order valence-corrected chi connectivity index (χ4v) is 8.55. The number of fused-ring (bicyclic) bond motifs is 3. The Bertz CT molecular complexity index is 2140. The first-order valence-electron chi connectivity index (χ1n) is 14.7. The Labute approximate surface area is 253 Å². The van der Waals surface area contributed by atoms with E-state index in [0.717, 1.165) is 44.2 Å². The number of phenolic OH excluding ortho intramolecular Hbond substituents is 1. The van der Waals surface area contributed by atoms with Crippen molar-refractivity contribution < 1.29 is 5.11 Å². The highest BCUT2D eigenvalue weighted by atomic mass is 28.3. The molecule has 0 amide bonds. The Morgan fingerprint density at radius 1 is 0.674 bits per heavy atom. The van der Waals surface area contributed by atoms with Gasteiger partial charge in [0, 0.05) is 27.8 Å². The first-order valence-corrected chi connectivity index (χ1v) is 17.7. The van der Waals surface area contributed by atoms with Crippen LogP contribution in [-0.4, -0.2) is 27.7 Å². The molecule has 43 heavy (non-hydrogen) atoms. The fourth-order valence-electron chi connectivity index (χ4n) is 6.31. The van der Waals surface area contributed by atoms with E-state index in [2.05, 4.69) is 110 Å². The normalized spacial score (nSPS) is 11.8. The highest BCUT2D eigenvalue weighted by molar-refractivity contribution is 7.00. The molecule has 0 atom stereocenters. The van der Waals surface area contributed by atoms with Gasteiger partial charge in [0.05, 0.1) is 16.9 Å². The lowest BCUT2D eigenvalue weighted by Crippen LogP contribution is -2.54. The second-order valence-corrected chi connectivity index (χ2v) is 16.2. The quantitative estimate of drug-likeness (QED) is 0.211. The highest BCUT2D eigenvalue weighted by Gasteiger charge is 2.29. The number of aromatic hydroxyl groups is 1. The molecule has 3 aromatic heterocycles. The zero-order valence-electron chi connectivity index (χ0n) is 24.8. The third kappa shape index (κ3) is 4.53. The summed E-state index contributed by atoms with van der Waals surface area (Å²) in [4.78, 5) is 10.1. The Balaban J connectivity index is 1.34. The van der Waals surface area contributed by atoms with Gasteiger partial charge in [0.2, 0.25) is 0 Å². The summed E-state index contributed by atoms with van der Waals surface area (Å²) in [6.07, 6.45) is 1.96. The summed E-state index contributed by atoms with van der Waals surface area (Å²) >= 11 is 0. The Hall–Kier alpha value is -5.00. The van der Waals surface area contributed by atoms with Crippen LogP contribution in [0.4, 0.5) is 0 Å². The topological polar surface area (TPSA) is 50.9 Å². The minimum Gasteiger partial charge on any atom is -0.506 e. The van der Waals surface area contributed by atoms with Crippen molar-refractivity contribution in [3.05, 3.63) is 133 Å².